The monoisotopic (exact) mass is 350 g/mol. The first-order chi connectivity index (χ1) is 11.7. The van der Waals surface area contributed by atoms with E-state index in [2.05, 4.69) is 0 Å². The van der Waals surface area contributed by atoms with Crippen LogP contribution in [0.15, 0.2) is 48.5 Å². The second-order valence-corrected chi connectivity index (χ2v) is 6.01. The minimum absolute atomic E-state index is 0.450. The van der Waals surface area contributed by atoms with Gasteiger partial charge in [-0.15, -0.1) is 0 Å². The van der Waals surface area contributed by atoms with Gasteiger partial charge in [-0.05, 0) is 37.1 Å². The highest BCUT2D eigenvalue weighted by atomic mass is 31.1. The predicted molar refractivity (Wildman–Crippen MR) is 94.7 cm³/mol. The van der Waals surface area contributed by atoms with Gasteiger partial charge in [-0.3, -0.25) is 0 Å². The van der Waals surface area contributed by atoms with Crippen molar-refractivity contribution < 1.29 is 23.1 Å². The second-order valence-electron chi connectivity index (χ2n) is 5.10. The minimum atomic E-state index is -2.73. The maximum absolute atomic E-state index is 12.1. The SMILES string of the molecule is CCCOc1cccc(O[PH](=O)Oc2cccc(OCCC)c2)c1. The van der Waals surface area contributed by atoms with Crippen molar-refractivity contribution in [3.8, 4) is 23.0 Å². The Morgan fingerprint density at radius 2 is 1.17 bits per heavy atom. The molecule has 0 amide bonds. The van der Waals surface area contributed by atoms with E-state index in [1.54, 1.807) is 36.4 Å². The Labute approximate surface area is 143 Å². The number of hydrogen-bond donors (Lipinski definition) is 0. The standard InChI is InChI=1S/C18H23O5P/c1-3-11-20-15-7-5-9-17(13-15)22-24(19)23-18-10-6-8-16(14-18)21-12-4-2/h5-10,13-14,24H,3-4,11-12H2,1-2H3. The van der Waals surface area contributed by atoms with Crippen LogP contribution in [-0.4, -0.2) is 13.2 Å². The van der Waals surface area contributed by atoms with Crippen molar-refractivity contribution in [3.05, 3.63) is 48.5 Å². The van der Waals surface area contributed by atoms with Crippen LogP contribution in [0.4, 0.5) is 0 Å². The van der Waals surface area contributed by atoms with Crippen molar-refractivity contribution in [1.82, 2.24) is 0 Å². The Morgan fingerprint density at radius 3 is 1.58 bits per heavy atom. The average Bonchev–Trinajstić information content (AvgIpc) is 2.58. The van der Waals surface area contributed by atoms with Crippen molar-refractivity contribution >= 4 is 8.25 Å². The van der Waals surface area contributed by atoms with Gasteiger partial charge in [0.15, 0.2) is 0 Å². The highest BCUT2D eigenvalue weighted by molar-refractivity contribution is 7.34. The van der Waals surface area contributed by atoms with E-state index in [0.29, 0.717) is 36.2 Å². The molecule has 2 rings (SSSR count). The lowest BCUT2D eigenvalue weighted by Crippen LogP contribution is -1.96. The molecule has 0 unspecified atom stereocenters. The van der Waals surface area contributed by atoms with Crippen LogP contribution in [-0.2, 0) is 4.57 Å². The molecule has 0 N–H and O–H groups in total. The van der Waals surface area contributed by atoms with Crippen LogP contribution in [0, 0.1) is 0 Å². The molecule has 0 aliphatic rings. The molecule has 0 bridgehead atoms. The lowest BCUT2D eigenvalue weighted by atomic mass is 10.3. The van der Waals surface area contributed by atoms with Gasteiger partial charge in [0, 0.05) is 12.1 Å². The minimum Gasteiger partial charge on any atom is -0.493 e. The predicted octanol–water partition coefficient (Wildman–Crippen LogP) is 5.11. The fraction of sp³-hybridized carbons (Fsp3) is 0.333. The van der Waals surface area contributed by atoms with E-state index >= 15 is 0 Å². The first-order valence-electron chi connectivity index (χ1n) is 8.06. The van der Waals surface area contributed by atoms with E-state index in [1.165, 1.54) is 0 Å². The molecule has 24 heavy (non-hydrogen) atoms. The third-order valence-electron chi connectivity index (χ3n) is 2.96. The maximum Gasteiger partial charge on any atom is 0.418 e. The number of hydrogen-bond acceptors (Lipinski definition) is 5. The molecule has 0 aromatic heterocycles. The fourth-order valence-corrected chi connectivity index (χ4v) is 2.59. The maximum atomic E-state index is 12.1. The second kappa shape index (κ2) is 9.89. The summed E-state index contributed by atoms with van der Waals surface area (Å²) >= 11 is 0. The van der Waals surface area contributed by atoms with Crippen molar-refractivity contribution in [1.29, 1.82) is 0 Å². The van der Waals surface area contributed by atoms with Crippen molar-refractivity contribution in [2.75, 3.05) is 13.2 Å². The molecule has 6 heteroatoms. The molecule has 0 saturated heterocycles. The molecule has 0 atom stereocenters. The first kappa shape index (κ1) is 18.2. The summed E-state index contributed by atoms with van der Waals surface area (Å²) in [5.74, 6) is 2.26. The van der Waals surface area contributed by atoms with E-state index < -0.39 is 8.25 Å². The molecule has 0 radical (unpaired) electrons. The van der Waals surface area contributed by atoms with E-state index in [0.717, 1.165) is 12.8 Å². The van der Waals surface area contributed by atoms with Gasteiger partial charge >= 0.3 is 8.25 Å². The summed E-state index contributed by atoms with van der Waals surface area (Å²) in [4.78, 5) is 0. The zero-order chi connectivity index (χ0) is 17.2. The summed E-state index contributed by atoms with van der Waals surface area (Å²) in [6.07, 6.45) is 1.84. The van der Waals surface area contributed by atoms with Crippen molar-refractivity contribution in [2.45, 2.75) is 26.7 Å². The van der Waals surface area contributed by atoms with Gasteiger partial charge in [0.1, 0.15) is 23.0 Å². The molecular formula is C18H23O5P. The topological polar surface area (TPSA) is 54.0 Å². The van der Waals surface area contributed by atoms with Crippen LogP contribution in [0.5, 0.6) is 23.0 Å². The molecule has 130 valence electrons. The van der Waals surface area contributed by atoms with Crippen LogP contribution >= 0.6 is 8.25 Å². The van der Waals surface area contributed by atoms with Gasteiger partial charge in [-0.2, -0.15) is 0 Å². The molecule has 2 aromatic rings. The summed E-state index contributed by atoms with van der Waals surface area (Å²) in [6, 6.07) is 14.1. The van der Waals surface area contributed by atoms with Crippen LogP contribution < -0.4 is 18.5 Å². The average molecular weight is 350 g/mol. The summed E-state index contributed by atoms with van der Waals surface area (Å²) in [6.45, 7) is 5.32. The van der Waals surface area contributed by atoms with Crippen LogP contribution in [0.2, 0.25) is 0 Å². The lowest BCUT2D eigenvalue weighted by Gasteiger charge is -2.11. The molecule has 0 aliphatic carbocycles. The Hall–Kier alpha value is -2.13. The molecular weight excluding hydrogens is 327 g/mol. The number of benzene rings is 2. The van der Waals surface area contributed by atoms with Crippen LogP contribution in [0.3, 0.4) is 0 Å². The summed E-state index contributed by atoms with van der Waals surface area (Å²) in [7, 11) is -2.73. The van der Waals surface area contributed by atoms with Crippen LogP contribution in [0.1, 0.15) is 26.7 Å². The van der Waals surface area contributed by atoms with Crippen LogP contribution in [0.25, 0.3) is 0 Å². The lowest BCUT2D eigenvalue weighted by molar-refractivity contribution is 0.315. The van der Waals surface area contributed by atoms with E-state index in [9.17, 15) is 4.57 Å². The quantitative estimate of drug-likeness (QED) is 0.557. The van der Waals surface area contributed by atoms with Crippen molar-refractivity contribution in [2.24, 2.45) is 0 Å². The summed E-state index contributed by atoms with van der Waals surface area (Å²) < 4.78 is 33.9. The smallest absolute Gasteiger partial charge is 0.418 e. The van der Waals surface area contributed by atoms with Gasteiger partial charge in [-0.25, -0.2) is 4.57 Å². The van der Waals surface area contributed by atoms with Crippen molar-refractivity contribution in [3.63, 3.8) is 0 Å². The Morgan fingerprint density at radius 1 is 0.750 bits per heavy atom. The van der Waals surface area contributed by atoms with Gasteiger partial charge < -0.3 is 18.5 Å². The number of rotatable bonds is 10. The van der Waals surface area contributed by atoms with E-state index in [4.69, 9.17) is 18.5 Å². The Kier molecular flexibility index (Phi) is 7.50. The molecule has 5 nitrogen and oxygen atoms in total. The molecule has 0 fully saturated rings. The molecule has 0 spiro atoms. The Balaban J connectivity index is 1.93. The van der Waals surface area contributed by atoms with Gasteiger partial charge in [-0.1, -0.05) is 26.0 Å². The first-order valence-corrected chi connectivity index (χ1v) is 9.29. The summed E-state index contributed by atoms with van der Waals surface area (Å²) in [5.41, 5.74) is 0. The highest BCUT2D eigenvalue weighted by Crippen LogP contribution is 2.33. The van der Waals surface area contributed by atoms with Gasteiger partial charge in [0.05, 0.1) is 13.2 Å². The molecule has 0 heterocycles. The summed E-state index contributed by atoms with van der Waals surface area (Å²) in [5, 5.41) is 0. The normalized spacial score (nSPS) is 10.5. The fourth-order valence-electron chi connectivity index (χ4n) is 1.91. The molecule has 0 aliphatic heterocycles. The van der Waals surface area contributed by atoms with Gasteiger partial charge in [0.2, 0.25) is 0 Å². The third-order valence-corrected chi connectivity index (χ3v) is 3.76. The zero-order valence-corrected chi connectivity index (χ0v) is 15.0. The zero-order valence-electron chi connectivity index (χ0n) is 14.0. The van der Waals surface area contributed by atoms with E-state index in [-0.39, 0.29) is 0 Å². The highest BCUT2D eigenvalue weighted by Gasteiger charge is 2.06. The van der Waals surface area contributed by atoms with Gasteiger partial charge in [0.25, 0.3) is 0 Å². The Bertz CT molecular complexity index is 604. The molecule has 2 aromatic carbocycles. The number of ether oxygens (including phenoxy) is 2. The third kappa shape index (κ3) is 6.17. The molecule has 0 saturated carbocycles. The largest absolute Gasteiger partial charge is 0.493 e. The van der Waals surface area contributed by atoms with E-state index in [1.807, 2.05) is 26.0 Å².